The quantitative estimate of drug-likeness (QED) is 0.739. The van der Waals surface area contributed by atoms with Crippen LogP contribution in [0.15, 0.2) is 12.1 Å². The molecule has 2 heterocycles. The smallest absolute Gasteiger partial charge is 0.271 e. The second kappa shape index (κ2) is 7.69. The minimum absolute atomic E-state index is 0.0915. The summed E-state index contributed by atoms with van der Waals surface area (Å²) in [7, 11) is 1.58. The van der Waals surface area contributed by atoms with Crippen LogP contribution < -0.4 is 10.2 Å². The number of anilines is 1. The molecular weight excluding hydrogens is 286 g/mol. The zero-order valence-corrected chi connectivity index (χ0v) is 12.9. The van der Waals surface area contributed by atoms with Gasteiger partial charge in [-0.05, 0) is 12.1 Å². The summed E-state index contributed by atoms with van der Waals surface area (Å²) in [5.74, 6) is 0.544. The van der Waals surface area contributed by atoms with Gasteiger partial charge in [0.25, 0.3) is 5.91 Å². The topological polar surface area (TPSA) is 87.7 Å². The number of hydrogen-bond acceptors (Lipinski definition) is 6. The predicted molar refractivity (Wildman–Crippen MR) is 80.7 cm³/mol. The molecule has 1 aliphatic rings. The number of aromatic nitrogens is 2. The number of nitrogens with one attached hydrogen (secondary N) is 1. The maximum absolute atomic E-state index is 11.8. The van der Waals surface area contributed by atoms with Gasteiger partial charge in [-0.1, -0.05) is 0 Å². The van der Waals surface area contributed by atoms with E-state index in [1.807, 2.05) is 4.90 Å². The molecule has 1 aliphatic heterocycles. The third-order valence-corrected chi connectivity index (χ3v) is 3.52. The fourth-order valence-corrected chi connectivity index (χ4v) is 2.22. The van der Waals surface area contributed by atoms with Gasteiger partial charge in [-0.3, -0.25) is 9.59 Å². The number of piperazine rings is 1. The SMILES string of the molecule is COCCNC(=O)c1ccc(N2CCN(C(C)=O)CC2)nn1. The highest BCUT2D eigenvalue weighted by molar-refractivity contribution is 5.92. The van der Waals surface area contributed by atoms with Crippen molar-refractivity contribution in [1.29, 1.82) is 0 Å². The molecule has 1 N–H and O–H groups in total. The first-order chi connectivity index (χ1) is 10.6. The van der Waals surface area contributed by atoms with Gasteiger partial charge >= 0.3 is 0 Å². The molecule has 0 saturated carbocycles. The summed E-state index contributed by atoms with van der Waals surface area (Å²) in [5.41, 5.74) is 0.280. The number of amides is 2. The van der Waals surface area contributed by atoms with E-state index < -0.39 is 0 Å². The predicted octanol–water partition coefficient (Wildman–Crippen LogP) is -0.479. The first-order valence-corrected chi connectivity index (χ1v) is 7.23. The number of ether oxygens (including phenoxy) is 1. The number of carbonyl (C=O) groups excluding carboxylic acids is 2. The molecule has 8 heteroatoms. The van der Waals surface area contributed by atoms with Gasteiger partial charge in [0, 0.05) is 46.8 Å². The van der Waals surface area contributed by atoms with E-state index in [1.165, 1.54) is 0 Å². The third kappa shape index (κ3) is 4.14. The molecule has 0 aliphatic carbocycles. The lowest BCUT2D eigenvalue weighted by atomic mass is 10.3. The molecule has 0 spiro atoms. The normalized spacial score (nSPS) is 14.8. The van der Waals surface area contributed by atoms with E-state index in [4.69, 9.17) is 4.74 Å². The lowest BCUT2D eigenvalue weighted by Gasteiger charge is -2.34. The number of methoxy groups -OCH3 is 1. The Morgan fingerprint density at radius 3 is 2.50 bits per heavy atom. The van der Waals surface area contributed by atoms with Crippen LogP contribution >= 0.6 is 0 Å². The fourth-order valence-electron chi connectivity index (χ4n) is 2.22. The Balaban J connectivity index is 1.89. The summed E-state index contributed by atoms with van der Waals surface area (Å²) in [6.45, 7) is 5.25. The maximum Gasteiger partial charge on any atom is 0.271 e. The number of nitrogens with zero attached hydrogens (tertiary/aromatic N) is 4. The first-order valence-electron chi connectivity index (χ1n) is 7.23. The van der Waals surface area contributed by atoms with Gasteiger partial charge in [0.1, 0.15) is 0 Å². The van der Waals surface area contributed by atoms with Crippen molar-refractivity contribution in [3.05, 3.63) is 17.8 Å². The number of carbonyl (C=O) groups is 2. The Morgan fingerprint density at radius 2 is 1.95 bits per heavy atom. The Kier molecular flexibility index (Phi) is 5.65. The van der Waals surface area contributed by atoms with Crippen LogP contribution in [-0.4, -0.2) is 73.4 Å². The van der Waals surface area contributed by atoms with E-state index in [9.17, 15) is 9.59 Å². The second-order valence-electron chi connectivity index (χ2n) is 5.02. The molecule has 0 aromatic carbocycles. The average molecular weight is 307 g/mol. The van der Waals surface area contributed by atoms with Crippen molar-refractivity contribution >= 4 is 17.6 Å². The van der Waals surface area contributed by atoms with Crippen molar-refractivity contribution in [2.75, 3.05) is 51.3 Å². The molecule has 0 radical (unpaired) electrons. The molecule has 0 unspecified atom stereocenters. The lowest BCUT2D eigenvalue weighted by Crippen LogP contribution is -2.48. The highest BCUT2D eigenvalue weighted by Crippen LogP contribution is 2.12. The van der Waals surface area contributed by atoms with Crippen molar-refractivity contribution in [1.82, 2.24) is 20.4 Å². The fraction of sp³-hybridized carbons (Fsp3) is 0.571. The lowest BCUT2D eigenvalue weighted by molar-refractivity contribution is -0.129. The molecule has 0 bridgehead atoms. The Bertz CT molecular complexity index is 512. The highest BCUT2D eigenvalue weighted by atomic mass is 16.5. The van der Waals surface area contributed by atoms with Crippen molar-refractivity contribution in [3.63, 3.8) is 0 Å². The van der Waals surface area contributed by atoms with Crippen molar-refractivity contribution in [3.8, 4) is 0 Å². The van der Waals surface area contributed by atoms with Gasteiger partial charge < -0.3 is 19.9 Å². The van der Waals surface area contributed by atoms with E-state index >= 15 is 0 Å². The van der Waals surface area contributed by atoms with Gasteiger partial charge in [0.2, 0.25) is 5.91 Å². The molecule has 2 rings (SSSR count). The Hall–Kier alpha value is -2.22. The Labute approximate surface area is 129 Å². The molecule has 1 fully saturated rings. The monoisotopic (exact) mass is 307 g/mol. The molecule has 2 amide bonds. The minimum atomic E-state index is -0.266. The molecule has 0 atom stereocenters. The zero-order valence-electron chi connectivity index (χ0n) is 12.9. The van der Waals surface area contributed by atoms with Gasteiger partial charge in [-0.2, -0.15) is 0 Å². The Morgan fingerprint density at radius 1 is 1.23 bits per heavy atom. The van der Waals surface area contributed by atoms with E-state index in [0.717, 1.165) is 5.82 Å². The summed E-state index contributed by atoms with van der Waals surface area (Å²) in [6.07, 6.45) is 0. The summed E-state index contributed by atoms with van der Waals surface area (Å²) in [6, 6.07) is 3.43. The van der Waals surface area contributed by atoms with Crippen LogP contribution in [0.5, 0.6) is 0 Å². The van der Waals surface area contributed by atoms with Gasteiger partial charge in [0.15, 0.2) is 11.5 Å². The largest absolute Gasteiger partial charge is 0.383 e. The van der Waals surface area contributed by atoms with Crippen molar-refractivity contribution in [2.24, 2.45) is 0 Å². The van der Waals surface area contributed by atoms with E-state index in [1.54, 1.807) is 26.2 Å². The minimum Gasteiger partial charge on any atom is -0.383 e. The maximum atomic E-state index is 11.8. The van der Waals surface area contributed by atoms with Crippen LogP contribution in [0.3, 0.4) is 0 Å². The van der Waals surface area contributed by atoms with Crippen LogP contribution in [0.4, 0.5) is 5.82 Å². The van der Waals surface area contributed by atoms with E-state index in [-0.39, 0.29) is 17.5 Å². The summed E-state index contributed by atoms with van der Waals surface area (Å²) >= 11 is 0. The zero-order chi connectivity index (χ0) is 15.9. The molecule has 1 saturated heterocycles. The third-order valence-electron chi connectivity index (χ3n) is 3.52. The first kappa shape index (κ1) is 16.2. The standard InChI is InChI=1S/C14H21N5O3/c1-11(20)18-6-8-19(9-7-18)13-4-3-12(16-17-13)14(21)15-5-10-22-2/h3-4H,5-10H2,1-2H3,(H,15,21). The van der Waals surface area contributed by atoms with Crippen molar-refractivity contribution < 1.29 is 14.3 Å². The van der Waals surface area contributed by atoms with Crippen LogP contribution in [-0.2, 0) is 9.53 Å². The van der Waals surface area contributed by atoms with Crippen LogP contribution in [0.25, 0.3) is 0 Å². The summed E-state index contributed by atoms with van der Waals surface area (Å²) in [4.78, 5) is 27.0. The second-order valence-corrected chi connectivity index (χ2v) is 5.02. The van der Waals surface area contributed by atoms with Gasteiger partial charge in [0.05, 0.1) is 6.61 Å². The van der Waals surface area contributed by atoms with Crippen LogP contribution in [0.1, 0.15) is 17.4 Å². The highest BCUT2D eigenvalue weighted by Gasteiger charge is 2.20. The molecule has 22 heavy (non-hydrogen) atoms. The van der Waals surface area contributed by atoms with Crippen LogP contribution in [0.2, 0.25) is 0 Å². The van der Waals surface area contributed by atoms with Crippen LogP contribution in [0, 0.1) is 0 Å². The number of rotatable bonds is 5. The molecule has 120 valence electrons. The molecule has 8 nitrogen and oxygen atoms in total. The van der Waals surface area contributed by atoms with Gasteiger partial charge in [-0.15, -0.1) is 10.2 Å². The van der Waals surface area contributed by atoms with E-state index in [0.29, 0.717) is 39.3 Å². The summed E-state index contributed by atoms with van der Waals surface area (Å²) in [5, 5.41) is 10.8. The van der Waals surface area contributed by atoms with Crippen molar-refractivity contribution in [2.45, 2.75) is 6.92 Å². The summed E-state index contributed by atoms with van der Waals surface area (Å²) < 4.78 is 4.87. The molecule has 1 aromatic rings. The molecular formula is C14H21N5O3. The van der Waals surface area contributed by atoms with E-state index in [2.05, 4.69) is 20.4 Å². The molecule has 1 aromatic heterocycles. The van der Waals surface area contributed by atoms with Gasteiger partial charge in [-0.25, -0.2) is 0 Å². The number of hydrogen-bond donors (Lipinski definition) is 1. The average Bonchev–Trinajstić information content (AvgIpc) is 2.55.